The van der Waals surface area contributed by atoms with E-state index in [1.807, 2.05) is 6.92 Å². The van der Waals surface area contributed by atoms with Crippen molar-refractivity contribution in [1.29, 1.82) is 0 Å². The number of carbonyl (C=O) groups is 1. The molecule has 2 aromatic heterocycles. The van der Waals surface area contributed by atoms with E-state index >= 15 is 0 Å². The number of nitrogens with one attached hydrogen (secondary N) is 1. The summed E-state index contributed by atoms with van der Waals surface area (Å²) in [6, 6.07) is 0. The highest BCUT2D eigenvalue weighted by Crippen LogP contribution is 2.36. The predicted molar refractivity (Wildman–Crippen MR) is 101 cm³/mol. The fraction of sp³-hybridized carbons (Fsp3) is 0.333. The molecule has 0 bridgehead atoms. The average molecular weight is 473 g/mol. The third-order valence-corrected chi connectivity index (χ3v) is 6.42. The zero-order valence-corrected chi connectivity index (χ0v) is 17.4. The highest BCUT2D eigenvalue weighted by molar-refractivity contribution is 8.01. The number of thiazole rings is 1. The summed E-state index contributed by atoms with van der Waals surface area (Å²) >= 11 is 3.12. The molecule has 0 amide bonds. The molecule has 0 fully saturated rings. The topological polar surface area (TPSA) is 127 Å². The van der Waals surface area contributed by atoms with Gasteiger partial charge in [0.05, 0.1) is 0 Å². The Morgan fingerprint density at radius 1 is 1.29 bits per heavy atom. The molecule has 0 atom stereocenters. The van der Waals surface area contributed by atoms with Gasteiger partial charge in [-0.1, -0.05) is 41.4 Å². The van der Waals surface area contributed by atoms with Crippen LogP contribution in [0.1, 0.15) is 19.5 Å². The Morgan fingerprint density at radius 2 is 2.00 bits per heavy atom. The van der Waals surface area contributed by atoms with Gasteiger partial charge >= 0.3 is 15.5 Å². The number of hydrogen-bond donors (Lipinski definition) is 1. The van der Waals surface area contributed by atoms with Gasteiger partial charge in [0.2, 0.25) is 0 Å². The van der Waals surface area contributed by atoms with Crippen molar-refractivity contribution in [2.75, 3.05) is 10.5 Å². The molecule has 0 saturated heterocycles. The Balaban J connectivity index is 2.34. The van der Waals surface area contributed by atoms with Crippen molar-refractivity contribution in [3.8, 4) is 0 Å². The van der Waals surface area contributed by atoms with Gasteiger partial charge in [0.15, 0.2) is 20.3 Å². The van der Waals surface area contributed by atoms with Crippen LogP contribution in [0, 0.1) is 0 Å². The van der Waals surface area contributed by atoms with E-state index in [0.29, 0.717) is 15.7 Å². The second-order valence-electron chi connectivity index (χ2n) is 4.69. The van der Waals surface area contributed by atoms with Crippen LogP contribution in [0.25, 0.3) is 6.08 Å². The summed E-state index contributed by atoms with van der Waals surface area (Å²) in [6.45, 7) is 3.19. The van der Waals surface area contributed by atoms with Gasteiger partial charge in [0.25, 0.3) is 5.13 Å². The van der Waals surface area contributed by atoms with Crippen LogP contribution >= 0.6 is 34.4 Å². The maximum atomic E-state index is 12.5. The molecular formula is C12H11F3N6O3S4. The van der Waals surface area contributed by atoms with Crippen molar-refractivity contribution in [1.82, 2.24) is 15.2 Å². The van der Waals surface area contributed by atoms with Crippen molar-refractivity contribution in [2.24, 2.45) is 10.2 Å². The third kappa shape index (κ3) is 6.05. The minimum atomic E-state index is -5.64. The van der Waals surface area contributed by atoms with E-state index in [-0.39, 0.29) is 21.6 Å². The lowest BCUT2D eigenvalue weighted by Crippen LogP contribution is -2.29. The normalized spacial score (nSPS) is 12.9. The van der Waals surface area contributed by atoms with Crippen molar-refractivity contribution in [3.05, 3.63) is 11.8 Å². The smallest absolute Gasteiger partial charge is 0.295 e. The van der Waals surface area contributed by atoms with Crippen LogP contribution in [0.2, 0.25) is 0 Å². The van der Waals surface area contributed by atoms with Crippen molar-refractivity contribution in [3.63, 3.8) is 0 Å². The minimum absolute atomic E-state index is 0.0164. The second-order valence-corrected chi connectivity index (χ2v) is 9.81. The van der Waals surface area contributed by atoms with E-state index in [0.717, 1.165) is 23.2 Å². The number of alkyl halides is 3. The molecular weight excluding hydrogens is 461 g/mol. The molecule has 16 heteroatoms. The second kappa shape index (κ2) is 9.06. The molecule has 2 rings (SSSR count). The number of thioether (sulfide) groups is 1. The van der Waals surface area contributed by atoms with Crippen molar-refractivity contribution >= 4 is 71.6 Å². The number of allylic oxidation sites excluding steroid dienone is 1. The van der Waals surface area contributed by atoms with E-state index in [4.69, 9.17) is 0 Å². The van der Waals surface area contributed by atoms with Crippen molar-refractivity contribution < 1.29 is 26.4 Å². The highest BCUT2D eigenvalue weighted by atomic mass is 32.2. The number of nitrogens with zero attached hydrogens (tertiary/aromatic N) is 5. The fourth-order valence-corrected chi connectivity index (χ4v) is 4.50. The zero-order chi connectivity index (χ0) is 20.9. The molecule has 28 heavy (non-hydrogen) atoms. The minimum Gasteiger partial charge on any atom is -0.295 e. The maximum absolute atomic E-state index is 12.5. The van der Waals surface area contributed by atoms with Crippen LogP contribution in [0.4, 0.5) is 28.4 Å². The number of hydrogen-bond acceptors (Lipinski definition) is 11. The first-order chi connectivity index (χ1) is 13.0. The van der Waals surface area contributed by atoms with E-state index < -0.39 is 20.7 Å². The number of sulfonamides is 1. The molecule has 2 heterocycles. The van der Waals surface area contributed by atoms with E-state index in [2.05, 4.69) is 25.4 Å². The first kappa shape index (κ1) is 22.4. The predicted octanol–water partition coefficient (Wildman–Crippen LogP) is 4.39. The molecule has 0 radical (unpaired) electrons. The number of ketones is 1. The fourth-order valence-electron chi connectivity index (χ4n) is 1.43. The summed E-state index contributed by atoms with van der Waals surface area (Å²) in [5.74, 6) is 0.433. The Labute approximate surface area is 169 Å². The summed E-state index contributed by atoms with van der Waals surface area (Å²) in [4.78, 5) is 14.8. The Morgan fingerprint density at radius 3 is 2.61 bits per heavy atom. The summed E-state index contributed by atoms with van der Waals surface area (Å²) in [5.41, 5.74) is -5.54. The first-order valence-corrected chi connectivity index (χ1v) is 11.3. The first-order valence-electron chi connectivity index (χ1n) is 7.18. The molecule has 152 valence electrons. The zero-order valence-electron chi connectivity index (χ0n) is 14.1. The van der Waals surface area contributed by atoms with Gasteiger partial charge in [-0.3, -0.25) is 9.52 Å². The van der Waals surface area contributed by atoms with Gasteiger partial charge in [-0.15, -0.1) is 20.4 Å². The molecule has 9 nitrogen and oxygen atoms in total. The number of aromatic nitrogens is 3. The molecule has 0 spiro atoms. The molecule has 0 saturated carbocycles. The SMILES string of the molecule is CCSc1nnc(N=Nc2sc(NS(=O)(=O)C(F)(F)F)nc2/C=C\C(C)=O)s1. The monoisotopic (exact) mass is 472 g/mol. The Kier molecular flexibility index (Phi) is 7.24. The summed E-state index contributed by atoms with van der Waals surface area (Å²) < 4.78 is 62.0. The van der Waals surface area contributed by atoms with Crippen LogP contribution in [-0.2, 0) is 14.8 Å². The van der Waals surface area contributed by atoms with Gasteiger partial charge in [0, 0.05) is 0 Å². The standard InChI is InChI=1S/C12H11F3N6O3S4/c1-3-25-11-20-19-10(27-11)18-17-8-7(5-4-6(2)22)16-9(26-8)21-28(23,24)12(13,14)15/h4-5H,3H2,1-2H3,(H,16,21)/b5-4-,18-17?. The largest absolute Gasteiger partial charge is 0.516 e. The molecule has 0 aliphatic rings. The van der Waals surface area contributed by atoms with E-state index in [1.165, 1.54) is 29.5 Å². The van der Waals surface area contributed by atoms with Gasteiger partial charge in [0.1, 0.15) is 5.69 Å². The molecule has 2 aromatic rings. The van der Waals surface area contributed by atoms with Crippen LogP contribution < -0.4 is 4.72 Å². The third-order valence-electron chi connectivity index (χ3n) is 2.53. The number of carbonyl (C=O) groups excluding carboxylic acids is 1. The molecule has 0 aromatic carbocycles. The lowest BCUT2D eigenvalue weighted by atomic mass is 10.3. The molecule has 0 unspecified atom stereocenters. The van der Waals surface area contributed by atoms with Crippen LogP contribution in [-0.4, -0.2) is 40.6 Å². The molecule has 0 aliphatic carbocycles. The Hall–Kier alpha value is -1.91. The average Bonchev–Trinajstić information content (AvgIpc) is 3.16. The summed E-state index contributed by atoms with van der Waals surface area (Å²) in [7, 11) is -5.64. The van der Waals surface area contributed by atoms with Crippen LogP contribution in [0.5, 0.6) is 0 Å². The highest BCUT2D eigenvalue weighted by Gasteiger charge is 2.46. The number of halogens is 3. The molecule has 0 aliphatic heterocycles. The van der Waals surface area contributed by atoms with E-state index in [9.17, 15) is 26.4 Å². The van der Waals surface area contributed by atoms with Crippen LogP contribution in [0.3, 0.4) is 0 Å². The lowest BCUT2D eigenvalue weighted by Gasteiger charge is -2.07. The number of anilines is 1. The maximum Gasteiger partial charge on any atom is 0.516 e. The van der Waals surface area contributed by atoms with Crippen molar-refractivity contribution in [2.45, 2.75) is 23.7 Å². The number of azo groups is 1. The lowest BCUT2D eigenvalue weighted by molar-refractivity contribution is -0.112. The quantitative estimate of drug-likeness (QED) is 0.343. The van der Waals surface area contributed by atoms with Crippen LogP contribution in [0.15, 0.2) is 20.6 Å². The molecule has 1 N–H and O–H groups in total. The van der Waals surface area contributed by atoms with E-state index in [1.54, 1.807) is 0 Å². The van der Waals surface area contributed by atoms with Gasteiger partial charge < -0.3 is 0 Å². The van der Waals surface area contributed by atoms with Gasteiger partial charge in [-0.2, -0.15) is 21.6 Å². The number of rotatable bonds is 8. The summed E-state index contributed by atoms with van der Waals surface area (Å²) in [5, 5.41) is 14.9. The van der Waals surface area contributed by atoms with Gasteiger partial charge in [-0.05, 0) is 24.8 Å². The Bertz CT molecular complexity index is 1010. The summed E-state index contributed by atoms with van der Waals surface area (Å²) in [6.07, 6.45) is 2.30. The van der Waals surface area contributed by atoms with Gasteiger partial charge in [-0.25, -0.2) is 4.98 Å².